The highest BCUT2D eigenvalue weighted by Crippen LogP contribution is 2.13. The van der Waals surface area contributed by atoms with Crippen LogP contribution in [-0.4, -0.2) is 59.1 Å². The van der Waals surface area contributed by atoms with Crippen molar-refractivity contribution >= 4 is 24.0 Å². The van der Waals surface area contributed by atoms with E-state index in [1.54, 1.807) is 38.1 Å². The Morgan fingerprint density at radius 1 is 1.10 bits per heavy atom. The molecule has 12 heteroatoms. The second-order valence-corrected chi connectivity index (χ2v) is 8.89. The third-order valence-electron chi connectivity index (χ3n) is 5.62. The summed E-state index contributed by atoms with van der Waals surface area (Å²) in [6.07, 6.45) is -0.723. The van der Waals surface area contributed by atoms with Crippen LogP contribution in [0.3, 0.4) is 0 Å². The fourth-order valence-corrected chi connectivity index (χ4v) is 3.50. The van der Waals surface area contributed by atoms with Gasteiger partial charge in [-0.2, -0.15) is 0 Å². The molecule has 0 saturated carbocycles. The molecule has 3 aromatic rings. The van der Waals surface area contributed by atoms with Gasteiger partial charge in [0.2, 0.25) is 11.8 Å². The molecule has 39 heavy (non-hydrogen) atoms. The van der Waals surface area contributed by atoms with Crippen LogP contribution >= 0.6 is 0 Å². The third kappa shape index (κ3) is 8.20. The smallest absolute Gasteiger partial charge is 0.274 e. The summed E-state index contributed by atoms with van der Waals surface area (Å²) in [5, 5.41) is 21.1. The Morgan fingerprint density at radius 3 is 2.51 bits per heavy atom. The molecule has 0 spiro atoms. The molecule has 3 atom stereocenters. The number of rotatable bonds is 12. The summed E-state index contributed by atoms with van der Waals surface area (Å²) in [6.45, 7) is 4.06. The molecule has 11 nitrogen and oxygen atoms in total. The van der Waals surface area contributed by atoms with Crippen molar-refractivity contribution in [3.8, 4) is 5.75 Å². The van der Waals surface area contributed by atoms with Gasteiger partial charge in [-0.05, 0) is 44.5 Å². The number of aldehydes is 1. The number of halogens is 1. The second kappa shape index (κ2) is 13.3. The first kappa shape index (κ1) is 29.0. The molecule has 0 aliphatic heterocycles. The van der Waals surface area contributed by atoms with E-state index in [1.165, 1.54) is 31.2 Å². The zero-order valence-electron chi connectivity index (χ0n) is 21.6. The number of carbonyl (C=O) groups is 4. The largest absolute Gasteiger partial charge is 0.491 e. The minimum Gasteiger partial charge on any atom is -0.491 e. The average Bonchev–Trinajstić information content (AvgIpc) is 3.35. The molecular formula is C27H29FN4O7. The predicted molar refractivity (Wildman–Crippen MR) is 136 cm³/mol. The highest BCUT2D eigenvalue weighted by Gasteiger charge is 2.31. The lowest BCUT2D eigenvalue weighted by atomic mass is 10.1. The summed E-state index contributed by atoms with van der Waals surface area (Å²) in [6, 6.07) is 9.28. The van der Waals surface area contributed by atoms with Crippen LogP contribution in [0, 0.1) is 19.7 Å². The summed E-state index contributed by atoms with van der Waals surface area (Å²) >= 11 is 0. The first-order valence-electron chi connectivity index (χ1n) is 12.0. The number of benzene rings is 2. The molecule has 0 bridgehead atoms. The van der Waals surface area contributed by atoms with Crippen LogP contribution in [0.4, 0.5) is 4.39 Å². The van der Waals surface area contributed by atoms with E-state index in [9.17, 15) is 28.7 Å². The normalized spacial score (nSPS) is 13.1. The number of ether oxygens (including phenoxy) is 1. The highest BCUT2D eigenvalue weighted by atomic mass is 19.1. The molecular weight excluding hydrogens is 511 g/mol. The maximum absolute atomic E-state index is 14.3. The van der Waals surface area contributed by atoms with Crippen molar-refractivity contribution in [1.29, 1.82) is 0 Å². The molecule has 3 amide bonds. The summed E-state index contributed by atoms with van der Waals surface area (Å²) in [7, 11) is 0. The molecule has 2 aromatic carbocycles. The quantitative estimate of drug-likeness (QED) is 0.252. The Bertz CT molecular complexity index is 1340. The summed E-state index contributed by atoms with van der Waals surface area (Å²) < 4.78 is 24.8. The predicted octanol–water partition coefficient (Wildman–Crippen LogP) is 1.60. The Balaban J connectivity index is 1.75. The average molecular weight is 541 g/mol. The standard InChI is InChI=1S/C27H29FN4O7/c1-15-7-8-19(21(28)9-15)12-29-25(35)23(14-38-20-6-4-5-18(11-20)13-33)30-27(37)24(17(3)34)31-26(36)22-10-16(2)39-32-22/h4-11,13,17,23-24,34H,12,14H2,1-3H3,(H,29,35)(H,30,37)(H,31,36)/t17-,23?,24+/m1/s1. The molecule has 3 rings (SSSR count). The van der Waals surface area contributed by atoms with E-state index >= 15 is 0 Å². The highest BCUT2D eigenvalue weighted by molar-refractivity contribution is 5.97. The number of aliphatic hydroxyl groups excluding tert-OH is 1. The number of aromatic nitrogens is 1. The molecule has 0 aliphatic carbocycles. The SMILES string of the molecule is Cc1ccc(CNC(=O)C(COc2cccc(C=O)c2)NC(=O)[C@@H](NC(=O)c2cc(C)on2)[C@@H](C)O)c(F)c1. The van der Waals surface area contributed by atoms with Crippen molar-refractivity contribution in [1.82, 2.24) is 21.1 Å². The van der Waals surface area contributed by atoms with Crippen molar-refractivity contribution in [2.24, 2.45) is 0 Å². The Kier molecular flexibility index (Phi) is 9.87. The van der Waals surface area contributed by atoms with Gasteiger partial charge in [0.05, 0.1) is 6.10 Å². The Morgan fingerprint density at radius 2 is 1.87 bits per heavy atom. The monoisotopic (exact) mass is 540 g/mol. The Labute approximate surface area is 223 Å². The van der Waals surface area contributed by atoms with Crippen molar-refractivity contribution < 1.29 is 37.9 Å². The summed E-state index contributed by atoms with van der Waals surface area (Å²) in [5.41, 5.74) is 1.19. The molecule has 1 unspecified atom stereocenters. The van der Waals surface area contributed by atoms with Gasteiger partial charge in [-0.15, -0.1) is 0 Å². The topological polar surface area (TPSA) is 160 Å². The van der Waals surface area contributed by atoms with Crippen LogP contribution in [0.5, 0.6) is 5.75 Å². The van der Waals surface area contributed by atoms with E-state index in [0.29, 0.717) is 23.2 Å². The number of hydrogen-bond donors (Lipinski definition) is 4. The number of aryl methyl sites for hydroxylation is 2. The van der Waals surface area contributed by atoms with Gasteiger partial charge >= 0.3 is 0 Å². The zero-order chi connectivity index (χ0) is 28.5. The summed E-state index contributed by atoms with van der Waals surface area (Å²) in [4.78, 5) is 49.7. The Hall–Kier alpha value is -4.58. The maximum atomic E-state index is 14.3. The fourth-order valence-electron chi connectivity index (χ4n) is 3.50. The fraction of sp³-hybridized carbons (Fsp3) is 0.296. The van der Waals surface area contributed by atoms with Gasteiger partial charge < -0.3 is 30.3 Å². The molecule has 1 aromatic heterocycles. The van der Waals surface area contributed by atoms with E-state index in [0.717, 1.165) is 0 Å². The van der Waals surface area contributed by atoms with E-state index in [2.05, 4.69) is 21.1 Å². The zero-order valence-corrected chi connectivity index (χ0v) is 21.6. The van der Waals surface area contributed by atoms with E-state index in [1.807, 2.05) is 0 Å². The van der Waals surface area contributed by atoms with E-state index in [-0.39, 0.29) is 30.2 Å². The first-order chi connectivity index (χ1) is 18.6. The van der Waals surface area contributed by atoms with Crippen molar-refractivity contribution in [2.45, 2.75) is 45.5 Å². The molecule has 0 saturated heterocycles. The molecule has 1 heterocycles. The van der Waals surface area contributed by atoms with E-state index in [4.69, 9.17) is 9.26 Å². The van der Waals surface area contributed by atoms with Gasteiger partial charge in [-0.1, -0.05) is 29.4 Å². The van der Waals surface area contributed by atoms with Crippen molar-refractivity contribution in [3.05, 3.63) is 82.5 Å². The first-order valence-corrected chi connectivity index (χ1v) is 12.0. The van der Waals surface area contributed by atoms with Gasteiger partial charge in [-0.3, -0.25) is 19.2 Å². The lowest BCUT2D eigenvalue weighted by Crippen LogP contribution is -2.58. The van der Waals surface area contributed by atoms with Crippen LogP contribution in [0.1, 0.15) is 44.7 Å². The van der Waals surface area contributed by atoms with Crippen LogP contribution in [0.15, 0.2) is 53.1 Å². The molecule has 0 aliphatic rings. The van der Waals surface area contributed by atoms with Crippen LogP contribution in [0.2, 0.25) is 0 Å². The minimum atomic E-state index is -1.46. The number of hydrogen-bond acceptors (Lipinski definition) is 8. The summed E-state index contributed by atoms with van der Waals surface area (Å²) in [5.74, 6) is -2.24. The maximum Gasteiger partial charge on any atom is 0.274 e. The van der Waals surface area contributed by atoms with Gasteiger partial charge in [0, 0.05) is 23.7 Å². The number of amides is 3. The van der Waals surface area contributed by atoms with Crippen molar-refractivity contribution in [2.75, 3.05) is 6.61 Å². The van der Waals surface area contributed by atoms with E-state index < -0.39 is 41.7 Å². The van der Waals surface area contributed by atoms with Crippen LogP contribution < -0.4 is 20.7 Å². The second-order valence-electron chi connectivity index (χ2n) is 8.89. The van der Waals surface area contributed by atoms with Gasteiger partial charge in [-0.25, -0.2) is 4.39 Å². The number of carbonyl (C=O) groups excluding carboxylic acids is 4. The third-order valence-corrected chi connectivity index (χ3v) is 5.62. The van der Waals surface area contributed by atoms with Gasteiger partial charge in [0.15, 0.2) is 5.69 Å². The van der Waals surface area contributed by atoms with Gasteiger partial charge in [0.25, 0.3) is 5.91 Å². The van der Waals surface area contributed by atoms with Gasteiger partial charge in [0.1, 0.15) is 42.3 Å². The van der Waals surface area contributed by atoms with Crippen molar-refractivity contribution in [3.63, 3.8) is 0 Å². The number of aliphatic hydroxyl groups is 1. The molecule has 206 valence electrons. The number of nitrogens with one attached hydrogen (secondary N) is 3. The molecule has 0 fully saturated rings. The minimum absolute atomic E-state index is 0.0984. The number of nitrogens with zero attached hydrogens (tertiary/aromatic N) is 1. The lowest BCUT2D eigenvalue weighted by molar-refractivity contribution is -0.132. The van der Waals surface area contributed by atoms with Crippen LogP contribution in [-0.2, 0) is 16.1 Å². The molecule has 0 radical (unpaired) electrons. The molecule has 4 N–H and O–H groups in total. The van der Waals surface area contributed by atoms with Crippen LogP contribution in [0.25, 0.3) is 0 Å². The lowest BCUT2D eigenvalue weighted by Gasteiger charge is -2.24.